The van der Waals surface area contributed by atoms with E-state index in [1.54, 1.807) is 12.1 Å². The lowest BCUT2D eigenvalue weighted by Crippen LogP contribution is -2.33. The largest absolute Gasteiger partial charge is 0.207 e. The summed E-state index contributed by atoms with van der Waals surface area (Å²) in [6.45, 7) is 0. The molecule has 0 spiro atoms. The second-order valence-electron chi connectivity index (χ2n) is 4.83. The van der Waals surface area contributed by atoms with Gasteiger partial charge in [-0.05, 0) is 35.7 Å². The van der Waals surface area contributed by atoms with Crippen molar-refractivity contribution >= 4 is 34.8 Å². The zero-order chi connectivity index (χ0) is 14.6. The first-order valence-corrected chi connectivity index (χ1v) is 7.67. The number of alkyl halides is 2. The Kier molecular flexibility index (Phi) is 5.31. The van der Waals surface area contributed by atoms with Crippen molar-refractivity contribution in [3.05, 3.63) is 70.5 Å². The minimum absolute atomic E-state index is 0.256. The minimum atomic E-state index is -0.459. The number of hydrogen-bond donors (Lipinski definition) is 0. The van der Waals surface area contributed by atoms with Crippen LogP contribution in [-0.4, -0.2) is 11.8 Å². The summed E-state index contributed by atoms with van der Waals surface area (Å²) < 4.78 is 13.0. The van der Waals surface area contributed by atoms with Gasteiger partial charge in [0.15, 0.2) is 0 Å². The summed E-state index contributed by atoms with van der Waals surface area (Å²) in [6.07, 6.45) is 0.615. The van der Waals surface area contributed by atoms with Crippen molar-refractivity contribution < 1.29 is 4.39 Å². The van der Waals surface area contributed by atoms with E-state index < -0.39 is 5.41 Å². The summed E-state index contributed by atoms with van der Waals surface area (Å²) in [5.41, 5.74) is 1.45. The van der Waals surface area contributed by atoms with Gasteiger partial charge in [0.1, 0.15) is 5.82 Å². The van der Waals surface area contributed by atoms with Gasteiger partial charge in [0.25, 0.3) is 0 Å². The molecule has 0 aromatic heterocycles. The third-order valence-corrected chi connectivity index (χ3v) is 4.77. The van der Waals surface area contributed by atoms with Crippen LogP contribution in [0.4, 0.5) is 4.39 Å². The lowest BCUT2D eigenvalue weighted by atomic mass is 9.78. The Morgan fingerprint density at radius 1 is 0.900 bits per heavy atom. The van der Waals surface area contributed by atoms with Crippen molar-refractivity contribution in [2.45, 2.75) is 11.8 Å². The third kappa shape index (κ3) is 3.28. The van der Waals surface area contributed by atoms with Gasteiger partial charge in [-0.15, -0.1) is 23.2 Å². The van der Waals surface area contributed by atoms with E-state index in [0.717, 1.165) is 11.1 Å². The van der Waals surface area contributed by atoms with Crippen LogP contribution in [0.5, 0.6) is 0 Å². The molecule has 20 heavy (non-hydrogen) atoms. The zero-order valence-electron chi connectivity index (χ0n) is 10.8. The Labute approximate surface area is 133 Å². The van der Waals surface area contributed by atoms with E-state index in [1.165, 1.54) is 12.1 Å². The molecule has 0 amide bonds. The predicted octanol–water partition coefficient (Wildman–Crippen LogP) is 5.44. The van der Waals surface area contributed by atoms with Gasteiger partial charge in [0.2, 0.25) is 0 Å². The first-order valence-electron chi connectivity index (χ1n) is 6.23. The summed E-state index contributed by atoms with van der Waals surface area (Å²) in [6, 6.07) is 13.9. The highest BCUT2D eigenvalue weighted by Gasteiger charge is 2.32. The highest BCUT2D eigenvalue weighted by atomic mass is 35.5. The van der Waals surface area contributed by atoms with Gasteiger partial charge >= 0.3 is 0 Å². The summed E-state index contributed by atoms with van der Waals surface area (Å²) >= 11 is 18.7. The van der Waals surface area contributed by atoms with Gasteiger partial charge in [-0.2, -0.15) is 0 Å². The smallest absolute Gasteiger partial charge is 0.123 e. The molecule has 0 aliphatic carbocycles. The van der Waals surface area contributed by atoms with E-state index in [2.05, 4.69) is 0 Å². The van der Waals surface area contributed by atoms with Crippen LogP contribution < -0.4 is 0 Å². The highest BCUT2D eigenvalue weighted by molar-refractivity contribution is 6.32. The summed E-state index contributed by atoms with van der Waals surface area (Å²) in [4.78, 5) is 0. The van der Waals surface area contributed by atoms with Crippen LogP contribution in [0.15, 0.2) is 48.5 Å². The third-order valence-electron chi connectivity index (χ3n) is 3.41. The van der Waals surface area contributed by atoms with Gasteiger partial charge in [-0.3, -0.25) is 0 Å². The minimum Gasteiger partial charge on any atom is -0.207 e. The van der Waals surface area contributed by atoms with Gasteiger partial charge in [0, 0.05) is 22.2 Å². The molecule has 0 saturated heterocycles. The molecule has 0 atom stereocenters. The topological polar surface area (TPSA) is 0 Å². The number of halogens is 4. The highest BCUT2D eigenvalue weighted by Crippen LogP contribution is 2.36. The summed E-state index contributed by atoms with van der Waals surface area (Å²) in [7, 11) is 0. The standard InChI is InChI=1S/C16H14Cl3F/c17-10-16(11-18,14-3-1-2-4-15(14)19)9-12-5-7-13(20)8-6-12/h1-8H,9-11H2. The SMILES string of the molecule is Fc1ccc(CC(CCl)(CCl)c2ccccc2Cl)cc1. The molecule has 0 unspecified atom stereocenters. The average Bonchev–Trinajstić information content (AvgIpc) is 2.48. The number of hydrogen-bond acceptors (Lipinski definition) is 0. The monoisotopic (exact) mass is 330 g/mol. The molecule has 0 aliphatic rings. The molecule has 0 saturated carbocycles. The number of benzene rings is 2. The molecule has 0 radical (unpaired) electrons. The lowest BCUT2D eigenvalue weighted by Gasteiger charge is -2.31. The molecule has 0 nitrogen and oxygen atoms in total. The molecule has 0 fully saturated rings. The van der Waals surface area contributed by atoms with Gasteiger partial charge in [-0.1, -0.05) is 41.9 Å². The van der Waals surface area contributed by atoms with Crippen LogP contribution in [0.1, 0.15) is 11.1 Å². The van der Waals surface area contributed by atoms with E-state index in [9.17, 15) is 4.39 Å². The van der Waals surface area contributed by atoms with Crippen LogP contribution >= 0.6 is 34.8 Å². The van der Waals surface area contributed by atoms with Crippen LogP contribution in [0.2, 0.25) is 5.02 Å². The first kappa shape index (κ1) is 15.6. The average molecular weight is 332 g/mol. The molecular weight excluding hydrogens is 318 g/mol. The van der Waals surface area contributed by atoms with E-state index in [1.807, 2.05) is 24.3 Å². The molecule has 0 bridgehead atoms. The van der Waals surface area contributed by atoms with Gasteiger partial charge < -0.3 is 0 Å². The Morgan fingerprint density at radius 2 is 1.50 bits per heavy atom. The molecule has 2 aromatic carbocycles. The van der Waals surface area contributed by atoms with Crippen molar-refractivity contribution in [3.63, 3.8) is 0 Å². The first-order chi connectivity index (χ1) is 9.61. The molecule has 0 heterocycles. The van der Waals surface area contributed by atoms with Crippen LogP contribution in [0.3, 0.4) is 0 Å². The number of rotatable bonds is 5. The van der Waals surface area contributed by atoms with E-state index in [0.29, 0.717) is 23.2 Å². The van der Waals surface area contributed by atoms with Crippen LogP contribution in [-0.2, 0) is 11.8 Å². The summed E-state index contributed by atoms with van der Waals surface area (Å²) in [5.74, 6) is 0.434. The van der Waals surface area contributed by atoms with Crippen molar-refractivity contribution in [2.24, 2.45) is 0 Å². The molecule has 2 rings (SSSR count). The normalized spacial score (nSPS) is 11.6. The zero-order valence-corrected chi connectivity index (χ0v) is 13.0. The van der Waals surface area contributed by atoms with E-state index in [4.69, 9.17) is 34.8 Å². The van der Waals surface area contributed by atoms with Gasteiger partial charge in [0.05, 0.1) is 0 Å². The van der Waals surface area contributed by atoms with Crippen molar-refractivity contribution in [1.82, 2.24) is 0 Å². The van der Waals surface area contributed by atoms with Crippen molar-refractivity contribution in [1.29, 1.82) is 0 Å². The maximum atomic E-state index is 13.0. The van der Waals surface area contributed by atoms with E-state index in [-0.39, 0.29) is 5.82 Å². The fourth-order valence-electron chi connectivity index (χ4n) is 2.25. The molecule has 0 N–H and O–H groups in total. The van der Waals surface area contributed by atoms with Crippen LogP contribution in [0.25, 0.3) is 0 Å². The molecule has 2 aromatic rings. The predicted molar refractivity (Wildman–Crippen MR) is 84.7 cm³/mol. The molecular formula is C16H14Cl3F. The van der Waals surface area contributed by atoms with Crippen LogP contribution in [0, 0.1) is 5.82 Å². The van der Waals surface area contributed by atoms with Crippen molar-refractivity contribution in [3.8, 4) is 0 Å². The fourth-order valence-corrected chi connectivity index (χ4v) is 3.35. The summed E-state index contributed by atoms with van der Waals surface area (Å²) in [5, 5.41) is 0.649. The van der Waals surface area contributed by atoms with Gasteiger partial charge in [-0.25, -0.2) is 4.39 Å². The maximum absolute atomic E-state index is 13.0. The Balaban J connectivity index is 2.39. The fraction of sp³-hybridized carbons (Fsp3) is 0.250. The maximum Gasteiger partial charge on any atom is 0.123 e. The Bertz CT molecular complexity index is 562. The lowest BCUT2D eigenvalue weighted by molar-refractivity contribution is 0.535. The second-order valence-corrected chi connectivity index (χ2v) is 5.77. The molecule has 4 heteroatoms. The molecule has 106 valence electrons. The van der Waals surface area contributed by atoms with E-state index >= 15 is 0 Å². The quantitative estimate of drug-likeness (QED) is 0.640. The van der Waals surface area contributed by atoms with Crippen molar-refractivity contribution in [2.75, 3.05) is 11.8 Å². The Hall–Kier alpha value is -0.760. The second kappa shape index (κ2) is 6.80. The molecule has 0 aliphatic heterocycles. The Morgan fingerprint density at radius 3 is 2.05 bits per heavy atom.